The van der Waals surface area contributed by atoms with Gasteiger partial charge in [-0.2, -0.15) is 0 Å². The van der Waals surface area contributed by atoms with Gasteiger partial charge in [0.1, 0.15) is 0 Å². The van der Waals surface area contributed by atoms with Crippen LogP contribution in [0.1, 0.15) is 54.4 Å². The summed E-state index contributed by atoms with van der Waals surface area (Å²) >= 11 is 0. The summed E-state index contributed by atoms with van der Waals surface area (Å²) in [5.74, 6) is -0.307. The van der Waals surface area contributed by atoms with Crippen molar-refractivity contribution in [3.05, 3.63) is 35.4 Å². The Morgan fingerprint density at radius 3 is 2.35 bits per heavy atom. The molecule has 0 aromatic heterocycles. The first kappa shape index (κ1) is 14.6. The zero-order valence-electron chi connectivity index (χ0n) is 11.8. The molecule has 0 radical (unpaired) electrons. The number of carboxylic acid groups (broad SMARTS) is 1. The SMILES string of the molecule is CCN(CCC(=O)O)C(=O)c1ccc(C2CCC2)cc1. The van der Waals surface area contributed by atoms with Crippen molar-refractivity contribution in [1.82, 2.24) is 4.90 Å². The number of hydrogen-bond donors (Lipinski definition) is 1. The molecule has 1 aromatic carbocycles. The van der Waals surface area contributed by atoms with Gasteiger partial charge < -0.3 is 10.0 Å². The highest BCUT2D eigenvalue weighted by atomic mass is 16.4. The van der Waals surface area contributed by atoms with Crippen molar-refractivity contribution < 1.29 is 14.7 Å². The average Bonchev–Trinajstić information content (AvgIpc) is 2.37. The van der Waals surface area contributed by atoms with Crippen LogP contribution in [0.3, 0.4) is 0 Å². The van der Waals surface area contributed by atoms with Crippen LogP contribution in [0.5, 0.6) is 0 Å². The van der Waals surface area contributed by atoms with E-state index in [2.05, 4.69) is 0 Å². The van der Waals surface area contributed by atoms with Gasteiger partial charge >= 0.3 is 5.97 Å². The van der Waals surface area contributed by atoms with Crippen LogP contribution >= 0.6 is 0 Å². The first-order valence-electron chi connectivity index (χ1n) is 7.23. The number of carbonyl (C=O) groups is 2. The van der Waals surface area contributed by atoms with Crippen LogP contribution in [-0.4, -0.2) is 35.0 Å². The maximum Gasteiger partial charge on any atom is 0.305 e. The van der Waals surface area contributed by atoms with E-state index in [1.165, 1.54) is 24.8 Å². The lowest BCUT2D eigenvalue weighted by molar-refractivity contribution is -0.137. The van der Waals surface area contributed by atoms with Gasteiger partial charge in [0.05, 0.1) is 6.42 Å². The zero-order chi connectivity index (χ0) is 14.5. The molecule has 1 amide bonds. The van der Waals surface area contributed by atoms with Crippen molar-refractivity contribution in [2.75, 3.05) is 13.1 Å². The van der Waals surface area contributed by atoms with Gasteiger partial charge in [0.2, 0.25) is 0 Å². The lowest BCUT2D eigenvalue weighted by Gasteiger charge is -2.26. The predicted molar refractivity (Wildman–Crippen MR) is 76.9 cm³/mol. The number of carbonyl (C=O) groups excluding carboxylic acids is 1. The Morgan fingerprint density at radius 1 is 1.25 bits per heavy atom. The molecular formula is C16H21NO3. The van der Waals surface area contributed by atoms with Gasteiger partial charge in [0.25, 0.3) is 5.91 Å². The van der Waals surface area contributed by atoms with Crippen LogP contribution in [0.25, 0.3) is 0 Å². The Kier molecular flexibility index (Phi) is 4.77. The molecule has 0 spiro atoms. The summed E-state index contributed by atoms with van der Waals surface area (Å²) in [6.07, 6.45) is 3.77. The molecule has 0 aliphatic heterocycles. The Morgan fingerprint density at radius 2 is 1.90 bits per heavy atom. The highest BCUT2D eigenvalue weighted by Gasteiger charge is 2.20. The predicted octanol–water partition coefficient (Wildman–Crippen LogP) is 2.89. The van der Waals surface area contributed by atoms with E-state index < -0.39 is 5.97 Å². The van der Waals surface area contributed by atoms with E-state index in [0.717, 1.165) is 0 Å². The Labute approximate surface area is 119 Å². The van der Waals surface area contributed by atoms with Crippen LogP contribution in [0, 0.1) is 0 Å². The van der Waals surface area contributed by atoms with Crippen molar-refractivity contribution in [3.8, 4) is 0 Å². The van der Waals surface area contributed by atoms with Gasteiger partial charge in [0, 0.05) is 18.7 Å². The molecule has 1 aliphatic carbocycles. The van der Waals surface area contributed by atoms with Crippen LogP contribution in [0.15, 0.2) is 24.3 Å². The smallest absolute Gasteiger partial charge is 0.305 e. The van der Waals surface area contributed by atoms with E-state index in [4.69, 9.17) is 5.11 Å². The number of nitrogens with zero attached hydrogens (tertiary/aromatic N) is 1. The molecule has 1 saturated carbocycles. The summed E-state index contributed by atoms with van der Waals surface area (Å²) in [4.78, 5) is 24.5. The second-order valence-electron chi connectivity index (χ2n) is 5.28. The topological polar surface area (TPSA) is 57.6 Å². The lowest BCUT2D eigenvalue weighted by atomic mass is 9.80. The Balaban J connectivity index is 2.00. The highest BCUT2D eigenvalue weighted by Crippen LogP contribution is 2.36. The van der Waals surface area contributed by atoms with Crippen molar-refractivity contribution >= 4 is 11.9 Å². The number of amides is 1. The van der Waals surface area contributed by atoms with Crippen LogP contribution in [0.4, 0.5) is 0 Å². The van der Waals surface area contributed by atoms with Crippen LogP contribution < -0.4 is 0 Å². The normalized spacial score (nSPS) is 14.7. The van der Waals surface area contributed by atoms with Gasteiger partial charge in [0.15, 0.2) is 0 Å². The van der Waals surface area contributed by atoms with E-state index in [1.807, 2.05) is 31.2 Å². The number of rotatable bonds is 6. The molecule has 108 valence electrons. The largest absolute Gasteiger partial charge is 0.481 e. The third kappa shape index (κ3) is 3.38. The van der Waals surface area contributed by atoms with E-state index in [1.54, 1.807) is 4.90 Å². The maximum absolute atomic E-state index is 12.3. The lowest BCUT2D eigenvalue weighted by Crippen LogP contribution is -2.32. The first-order chi connectivity index (χ1) is 9.61. The molecular weight excluding hydrogens is 254 g/mol. The van der Waals surface area contributed by atoms with Crippen LogP contribution in [-0.2, 0) is 4.79 Å². The molecule has 1 aliphatic rings. The number of aliphatic carboxylic acids is 1. The van der Waals surface area contributed by atoms with Crippen molar-refractivity contribution in [1.29, 1.82) is 0 Å². The second kappa shape index (κ2) is 6.55. The van der Waals surface area contributed by atoms with E-state index in [0.29, 0.717) is 18.0 Å². The summed E-state index contributed by atoms with van der Waals surface area (Å²) in [5, 5.41) is 8.70. The third-order valence-corrected chi connectivity index (χ3v) is 4.00. The molecule has 4 heteroatoms. The number of hydrogen-bond acceptors (Lipinski definition) is 2. The molecule has 0 saturated heterocycles. The quantitative estimate of drug-likeness (QED) is 0.868. The Bertz CT molecular complexity index is 477. The number of benzene rings is 1. The fourth-order valence-corrected chi connectivity index (χ4v) is 2.46. The molecule has 0 atom stereocenters. The molecule has 1 fully saturated rings. The third-order valence-electron chi connectivity index (χ3n) is 4.00. The summed E-state index contributed by atoms with van der Waals surface area (Å²) in [6, 6.07) is 7.78. The molecule has 0 unspecified atom stereocenters. The van der Waals surface area contributed by atoms with Crippen molar-refractivity contribution in [2.24, 2.45) is 0 Å². The monoisotopic (exact) mass is 275 g/mol. The minimum Gasteiger partial charge on any atom is -0.481 e. The highest BCUT2D eigenvalue weighted by molar-refractivity contribution is 5.94. The molecule has 0 heterocycles. The number of carboxylic acids is 1. The van der Waals surface area contributed by atoms with Gasteiger partial charge in [-0.15, -0.1) is 0 Å². The van der Waals surface area contributed by atoms with Gasteiger partial charge in [-0.3, -0.25) is 9.59 Å². The fourth-order valence-electron chi connectivity index (χ4n) is 2.46. The first-order valence-corrected chi connectivity index (χ1v) is 7.23. The minimum absolute atomic E-state index is 0.0141. The van der Waals surface area contributed by atoms with E-state index >= 15 is 0 Å². The molecule has 1 N–H and O–H groups in total. The van der Waals surface area contributed by atoms with Gasteiger partial charge in [-0.1, -0.05) is 18.6 Å². The minimum atomic E-state index is -0.878. The summed E-state index contributed by atoms with van der Waals surface area (Å²) in [7, 11) is 0. The molecule has 2 rings (SSSR count). The van der Waals surface area contributed by atoms with Gasteiger partial charge in [-0.05, 0) is 43.4 Å². The standard InChI is InChI=1S/C16H21NO3/c1-2-17(11-10-15(18)19)16(20)14-8-6-13(7-9-14)12-4-3-5-12/h6-9,12H,2-5,10-11H2,1H3,(H,18,19). The Hall–Kier alpha value is -1.84. The molecule has 1 aromatic rings. The zero-order valence-corrected chi connectivity index (χ0v) is 11.8. The summed E-state index contributed by atoms with van der Waals surface area (Å²) < 4.78 is 0. The molecule has 0 bridgehead atoms. The van der Waals surface area contributed by atoms with Crippen LogP contribution in [0.2, 0.25) is 0 Å². The van der Waals surface area contributed by atoms with Gasteiger partial charge in [-0.25, -0.2) is 0 Å². The van der Waals surface area contributed by atoms with Crippen molar-refractivity contribution in [3.63, 3.8) is 0 Å². The van der Waals surface area contributed by atoms with E-state index in [-0.39, 0.29) is 18.9 Å². The maximum atomic E-state index is 12.3. The summed E-state index contributed by atoms with van der Waals surface area (Å²) in [6.45, 7) is 2.65. The molecule has 20 heavy (non-hydrogen) atoms. The van der Waals surface area contributed by atoms with Crippen molar-refractivity contribution in [2.45, 2.75) is 38.5 Å². The summed E-state index contributed by atoms with van der Waals surface area (Å²) in [5.41, 5.74) is 1.95. The fraction of sp³-hybridized carbons (Fsp3) is 0.500. The van der Waals surface area contributed by atoms with E-state index in [9.17, 15) is 9.59 Å². The molecule has 4 nitrogen and oxygen atoms in total. The average molecular weight is 275 g/mol. The second-order valence-corrected chi connectivity index (χ2v) is 5.28.